The maximum absolute atomic E-state index is 11.8. The van der Waals surface area contributed by atoms with Gasteiger partial charge in [0.25, 0.3) is 5.91 Å². The first kappa shape index (κ1) is 16.6. The van der Waals surface area contributed by atoms with Crippen LogP contribution < -0.4 is 14.8 Å². The summed E-state index contributed by atoms with van der Waals surface area (Å²) in [6.07, 6.45) is 4.95. The number of para-hydroxylation sites is 2. The lowest BCUT2D eigenvalue weighted by molar-refractivity contribution is -0.123. The second-order valence-corrected chi connectivity index (χ2v) is 5.55. The number of benzene rings is 1. The summed E-state index contributed by atoms with van der Waals surface area (Å²) in [5.41, 5.74) is 0. The summed E-state index contributed by atoms with van der Waals surface area (Å²) in [6.45, 7) is 4.18. The maximum atomic E-state index is 11.8. The van der Waals surface area contributed by atoms with E-state index in [2.05, 4.69) is 10.2 Å². The lowest BCUT2D eigenvalue weighted by Gasteiger charge is -2.26. The average Bonchev–Trinajstić information content (AvgIpc) is 2.58. The zero-order chi connectivity index (χ0) is 15.6. The summed E-state index contributed by atoms with van der Waals surface area (Å²) in [5.74, 6) is 1.14. The first-order chi connectivity index (χ1) is 10.8. The molecule has 22 heavy (non-hydrogen) atoms. The summed E-state index contributed by atoms with van der Waals surface area (Å²) in [7, 11) is 1.59. The fourth-order valence-electron chi connectivity index (χ4n) is 2.65. The van der Waals surface area contributed by atoms with Gasteiger partial charge in [-0.3, -0.25) is 4.79 Å². The molecular formula is C17H26N2O3. The van der Waals surface area contributed by atoms with Gasteiger partial charge in [0.05, 0.1) is 7.11 Å². The molecule has 1 aromatic rings. The number of hydrogen-bond acceptors (Lipinski definition) is 4. The topological polar surface area (TPSA) is 50.8 Å². The van der Waals surface area contributed by atoms with E-state index in [4.69, 9.17) is 9.47 Å². The second-order valence-electron chi connectivity index (χ2n) is 5.55. The molecule has 1 N–H and O–H groups in total. The molecule has 0 aliphatic carbocycles. The molecule has 1 aliphatic heterocycles. The summed E-state index contributed by atoms with van der Waals surface area (Å²) in [5, 5.41) is 2.90. The Balaban J connectivity index is 1.59. The van der Waals surface area contributed by atoms with E-state index in [1.165, 1.54) is 32.4 Å². The zero-order valence-corrected chi connectivity index (χ0v) is 13.3. The van der Waals surface area contributed by atoms with E-state index < -0.39 is 0 Å². The van der Waals surface area contributed by atoms with Gasteiger partial charge < -0.3 is 19.7 Å². The van der Waals surface area contributed by atoms with Gasteiger partial charge in [0.1, 0.15) is 0 Å². The van der Waals surface area contributed by atoms with Crippen molar-refractivity contribution >= 4 is 5.91 Å². The minimum absolute atomic E-state index is 0.0179. The molecule has 0 unspecified atom stereocenters. The Morgan fingerprint density at radius 1 is 1.18 bits per heavy atom. The number of piperidine rings is 1. The standard InChI is InChI=1S/C17H26N2O3/c1-21-15-8-3-4-9-16(15)22-14-17(20)18-10-7-13-19-11-5-2-6-12-19/h3-4,8-9H,2,5-7,10-14H2,1H3,(H,18,20). The van der Waals surface area contributed by atoms with Gasteiger partial charge in [0.2, 0.25) is 0 Å². The molecule has 1 saturated heterocycles. The number of carbonyl (C=O) groups excluding carboxylic acids is 1. The number of hydrogen-bond donors (Lipinski definition) is 1. The van der Waals surface area contributed by atoms with Crippen molar-refractivity contribution in [3.8, 4) is 11.5 Å². The molecule has 0 radical (unpaired) electrons. The van der Waals surface area contributed by atoms with Crippen LogP contribution in [0.5, 0.6) is 11.5 Å². The Hall–Kier alpha value is -1.75. The van der Waals surface area contributed by atoms with Crippen molar-refractivity contribution in [3.05, 3.63) is 24.3 Å². The van der Waals surface area contributed by atoms with Gasteiger partial charge in [-0.25, -0.2) is 0 Å². The van der Waals surface area contributed by atoms with Crippen LogP contribution in [0.15, 0.2) is 24.3 Å². The molecular weight excluding hydrogens is 280 g/mol. The van der Waals surface area contributed by atoms with Gasteiger partial charge >= 0.3 is 0 Å². The van der Waals surface area contributed by atoms with Crippen molar-refractivity contribution in [3.63, 3.8) is 0 Å². The highest BCUT2D eigenvalue weighted by molar-refractivity contribution is 5.77. The van der Waals surface area contributed by atoms with Gasteiger partial charge in [-0.15, -0.1) is 0 Å². The third-order valence-corrected chi connectivity index (χ3v) is 3.85. The number of nitrogens with one attached hydrogen (secondary N) is 1. The summed E-state index contributed by atoms with van der Waals surface area (Å²) >= 11 is 0. The minimum Gasteiger partial charge on any atom is -0.493 e. The molecule has 122 valence electrons. The SMILES string of the molecule is COc1ccccc1OCC(=O)NCCCN1CCCCC1. The number of rotatable bonds is 8. The Labute approximate surface area is 132 Å². The van der Waals surface area contributed by atoms with E-state index in [1.54, 1.807) is 13.2 Å². The molecule has 1 fully saturated rings. The lowest BCUT2D eigenvalue weighted by Crippen LogP contribution is -2.34. The molecule has 0 aromatic heterocycles. The van der Waals surface area contributed by atoms with E-state index in [0.29, 0.717) is 18.0 Å². The third-order valence-electron chi connectivity index (χ3n) is 3.85. The molecule has 1 aromatic carbocycles. The number of amides is 1. The number of nitrogens with zero attached hydrogens (tertiary/aromatic N) is 1. The first-order valence-corrected chi connectivity index (χ1v) is 8.04. The van der Waals surface area contributed by atoms with Crippen molar-refractivity contribution in [1.82, 2.24) is 10.2 Å². The molecule has 0 spiro atoms. The maximum Gasteiger partial charge on any atom is 0.257 e. The van der Waals surface area contributed by atoms with E-state index in [9.17, 15) is 4.79 Å². The minimum atomic E-state index is -0.0930. The summed E-state index contributed by atoms with van der Waals surface area (Å²) < 4.78 is 10.7. The molecule has 5 heteroatoms. The Morgan fingerprint density at radius 3 is 2.64 bits per heavy atom. The van der Waals surface area contributed by atoms with Crippen LogP contribution in [-0.2, 0) is 4.79 Å². The van der Waals surface area contributed by atoms with Crippen molar-refractivity contribution < 1.29 is 14.3 Å². The molecule has 2 rings (SSSR count). The zero-order valence-electron chi connectivity index (χ0n) is 13.3. The van der Waals surface area contributed by atoms with Gasteiger partial charge in [-0.2, -0.15) is 0 Å². The quantitative estimate of drug-likeness (QED) is 0.747. The predicted molar refractivity (Wildman–Crippen MR) is 86.4 cm³/mol. The van der Waals surface area contributed by atoms with E-state index in [0.717, 1.165) is 13.0 Å². The molecule has 0 atom stereocenters. The average molecular weight is 306 g/mol. The third kappa shape index (κ3) is 5.56. The van der Waals surface area contributed by atoms with Crippen LogP contribution in [0.25, 0.3) is 0 Å². The van der Waals surface area contributed by atoms with Crippen LogP contribution in [0.4, 0.5) is 0 Å². The first-order valence-electron chi connectivity index (χ1n) is 8.04. The molecule has 0 bridgehead atoms. The van der Waals surface area contributed by atoms with Crippen molar-refractivity contribution in [2.24, 2.45) is 0 Å². The fourth-order valence-corrected chi connectivity index (χ4v) is 2.65. The Morgan fingerprint density at radius 2 is 1.91 bits per heavy atom. The summed E-state index contributed by atoms with van der Waals surface area (Å²) in [4.78, 5) is 14.2. The lowest BCUT2D eigenvalue weighted by atomic mass is 10.1. The van der Waals surface area contributed by atoms with Crippen LogP contribution in [-0.4, -0.2) is 50.7 Å². The summed E-state index contributed by atoms with van der Waals surface area (Å²) in [6, 6.07) is 7.33. The highest BCUT2D eigenvalue weighted by Gasteiger charge is 2.10. The van der Waals surface area contributed by atoms with Crippen molar-refractivity contribution in [2.45, 2.75) is 25.7 Å². The Kier molecular flexibility index (Phi) is 7.03. The van der Waals surface area contributed by atoms with E-state index >= 15 is 0 Å². The van der Waals surface area contributed by atoms with Crippen LogP contribution in [0, 0.1) is 0 Å². The number of methoxy groups -OCH3 is 1. The normalized spacial score (nSPS) is 15.3. The molecule has 0 saturated carbocycles. The van der Waals surface area contributed by atoms with Crippen LogP contribution in [0.2, 0.25) is 0 Å². The largest absolute Gasteiger partial charge is 0.493 e. The molecule has 1 heterocycles. The number of ether oxygens (including phenoxy) is 2. The Bertz CT molecular complexity index is 459. The van der Waals surface area contributed by atoms with Crippen LogP contribution >= 0.6 is 0 Å². The van der Waals surface area contributed by atoms with Crippen molar-refractivity contribution in [2.75, 3.05) is 39.9 Å². The highest BCUT2D eigenvalue weighted by Crippen LogP contribution is 2.25. The van der Waals surface area contributed by atoms with Crippen LogP contribution in [0.3, 0.4) is 0 Å². The molecule has 1 amide bonds. The van der Waals surface area contributed by atoms with Gasteiger partial charge in [0.15, 0.2) is 18.1 Å². The second kappa shape index (κ2) is 9.30. The van der Waals surface area contributed by atoms with Gasteiger partial charge in [-0.05, 0) is 51.0 Å². The van der Waals surface area contributed by atoms with Crippen LogP contribution in [0.1, 0.15) is 25.7 Å². The molecule has 1 aliphatic rings. The number of likely N-dealkylation sites (tertiary alicyclic amines) is 1. The number of carbonyl (C=O) groups is 1. The van der Waals surface area contributed by atoms with Crippen molar-refractivity contribution in [1.29, 1.82) is 0 Å². The van der Waals surface area contributed by atoms with E-state index in [-0.39, 0.29) is 12.5 Å². The molecule has 5 nitrogen and oxygen atoms in total. The van der Waals surface area contributed by atoms with Gasteiger partial charge in [0, 0.05) is 6.54 Å². The van der Waals surface area contributed by atoms with Gasteiger partial charge in [-0.1, -0.05) is 18.6 Å². The highest BCUT2D eigenvalue weighted by atomic mass is 16.5. The fraction of sp³-hybridized carbons (Fsp3) is 0.588. The van der Waals surface area contributed by atoms with E-state index in [1.807, 2.05) is 18.2 Å². The smallest absolute Gasteiger partial charge is 0.257 e. The predicted octanol–water partition coefficient (Wildman–Crippen LogP) is 2.07. The monoisotopic (exact) mass is 306 g/mol.